The first kappa shape index (κ1) is 21.4. The van der Waals surface area contributed by atoms with E-state index in [9.17, 15) is 9.90 Å². The standard InChI is InChI=1S/C22H30N4O2/c1-5-23-22(25-15-20(27)18-10-6-16(2)7-11-18)24-14-17-8-12-19(13-9-17)21(28)26(3)4/h6-13,20,27H,5,14-15H2,1-4H3,(H2,23,24,25). The highest BCUT2D eigenvalue weighted by Crippen LogP contribution is 2.12. The van der Waals surface area contributed by atoms with E-state index >= 15 is 0 Å². The number of guanidine groups is 1. The number of aliphatic hydroxyl groups excluding tert-OH is 1. The van der Waals surface area contributed by atoms with Crippen molar-refractivity contribution in [1.82, 2.24) is 15.5 Å². The zero-order valence-electron chi connectivity index (χ0n) is 17.1. The van der Waals surface area contributed by atoms with Crippen molar-refractivity contribution in [3.05, 3.63) is 70.8 Å². The van der Waals surface area contributed by atoms with Crippen molar-refractivity contribution in [2.75, 3.05) is 27.2 Å². The Balaban J connectivity index is 1.96. The molecule has 2 aromatic carbocycles. The summed E-state index contributed by atoms with van der Waals surface area (Å²) in [7, 11) is 3.47. The van der Waals surface area contributed by atoms with Crippen LogP contribution in [0.1, 0.15) is 40.1 Å². The highest BCUT2D eigenvalue weighted by atomic mass is 16.3. The second-order valence-corrected chi connectivity index (χ2v) is 6.90. The summed E-state index contributed by atoms with van der Waals surface area (Å²) >= 11 is 0. The first-order valence-corrected chi connectivity index (χ1v) is 9.48. The largest absolute Gasteiger partial charge is 0.387 e. The minimum Gasteiger partial charge on any atom is -0.387 e. The van der Waals surface area contributed by atoms with Crippen molar-refractivity contribution in [2.24, 2.45) is 4.99 Å². The fourth-order valence-electron chi connectivity index (χ4n) is 2.62. The third-order valence-corrected chi connectivity index (χ3v) is 4.30. The van der Waals surface area contributed by atoms with Crippen LogP contribution in [0.4, 0.5) is 0 Å². The summed E-state index contributed by atoms with van der Waals surface area (Å²) in [6.45, 7) is 5.59. The van der Waals surface area contributed by atoms with Crippen molar-refractivity contribution < 1.29 is 9.90 Å². The monoisotopic (exact) mass is 382 g/mol. The van der Waals surface area contributed by atoms with Crippen molar-refractivity contribution in [2.45, 2.75) is 26.5 Å². The SMILES string of the molecule is CCNC(=NCc1ccc(C(=O)N(C)C)cc1)NCC(O)c1ccc(C)cc1. The molecule has 1 atom stereocenters. The van der Waals surface area contributed by atoms with Crippen molar-refractivity contribution in [1.29, 1.82) is 0 Å². The molecule has 0 saturated heterocycles. The molecular formula is C22H30N4O2. The molecule has 1 amide bonds. The Morgan fingerprint density at radius 2 is 1.71 bits per heavy atom. The van der Waals surface area contributed by atoms with E-state index in [1.54, 1.807) is 19.0 Å². The number of benzene rings is 2. The van der Waals surface area contributed by atoms with Crippen molar-refractivity contribution >= 4 is 11.9 Å². The van der Waals surface area contributed by atoms with Gasteiger partial charge < -0.3 is 20.6 Å². The van der Waals surface area contributed by atoms with Crippen LogP contribution in [-0.4, -0.2) is 49.1 Å². The molecule has 0 saturated carbocycles. The number of carbonyl (C=O) groups excluding carboxylic acids is 1. The summed E-state index contributed by atoms with van der Waals surface area (Å²) in [5.41, 5.74) is 3.70. The van der Waals surface area contributed by atoms with Crippen LogP contribution < -0.4 is 10.6 Å². The maximum atomic E-state index is 11.9. The predicted octanol–water partition coefficient (Wildman–Crippen LogP) is 2.49. The number of aryl methyl sites for hydroxylation is 1. The summed E-state index contributed by atoms with van der Waals surface area (Å²) in [6.07, 6.45) is -0.610. The van der Waals surface area contributed by atoms with Gasteiger partial charge in [0.15, 0.2) is 5.96 Å². The molecule has 28 heavy (non-hydrogen) atoms. The lowest BCUT2D eigenvalue weighted by molar-refractivity contribution is 0.0827. The third-order valence-electron chi connectivity index (χ3n) is 4.30. The number of nitrogens with zero attached hydrogens (tertiary/aromatic N) is 2. The highest BCUT2D eigenvalue weighted by molar-refractivity contribution is 5.93. The van der Waals surface area contributed by atoms with Gasteiger partial charge in [0.05, 0.1) is 12.6 Å². The van der Waals surface area contributed by atoms with Crippen LogP contribution in [0.25, 0.3) is 0 Å². The maximum Gasteiger partial charge on any atom is 0.253 e. The quantitative estimate of drug-likeness (QED) is 0.508. The molecule has 0 aliphatic carbocycles. The number of hydrogen-bond donors (Lipinski definition) is 3. The van der Waals surface area contributed by atoms with E-state index in [0.717, 1.165) is 23.2 Å². The van der Waals surface area contributed by atoms with Gasteiger partial charge in [-0.2, -0.15) is 0 Å². The molecule has 0 spiro atoms. The van der Waals surface area contributed by atoms with Crippen LogP contribution in [0.15, 0.2) is 53.5 Å². The number of hydrogen-bond acceptors (Lipinski definition) is 3. The van der Waals surface area contributed by atoms with Gasteiger partial charge in [0, 0.05) is 32.7 Å². The molecule has 0 aliphatic rings. The van der Waals surface area contributed by atoms with Gasteiger partial charge in [-0.15, -0.1) is 0 Å². The average Bonchev–Trinajstić information content (AvgIpc) is 2.70. The van der Waals surface area contributed by atoms with E-state index in [0.29, 0.717) is 24.6 Å². The number of carbonyl (C=O) groups is 1. The van der Waals surface area contributed by atoms with Gasteiger partial charge in [0.1, 0.15) is 0 Å². The third kappa shape index (κ3) is 6.39. The number of nitrogens with one attached hydrogen (secondary N) is 2. The summed E-state index contributed by atoms with van der Waals surface area (Å²) in [5, 5.41) is 16.7. The fraction of sp³-hybridized carbons (Fsp3) is 0.364. The fourth-order valence-corrected chi connectivity index (χ4v) is 2.62. The zero-order chi connectivity index (χ0) is 20.5. The lowest BCUT2D eigenvalue weighted by Gasteiger charge is -2.16. The molecule has 0 aromatic heterocycles. The Bertz CT molecular complexity index is 783. The Labute approximate surface area is 167 Å². The highest BCUT2D eigenvalue weighted by Gasteiger charge is 2.09. The number of amides is 1. The molecular weight excluding hydrogens is 352 g/mol. The summed E-state index contributed by atoms with van der Waals surface area (Å²) < 4.78 is 0. The van der Waals surface area contributed by atoms with E-state index in [2.05, 4.69) is 15.6 Å². The normalized spacial score (nSPS) is 12.4. The molecule has 1 unspecified atom stereocenters. The summed E-state index contributed by atoms with van der Waals surface area (Å²) in [6, 6.07) is 15.3. The average molecular weight is 383 g/mol. The molecule has 2 aromatic rings. The molecule has 0 radical (unpaired) electrons. The Morgan fingerprint density at radius 1 is 1.07 bits per heavy atom. The van der Waals surface area contributed by atoms with Crippen LogP contribution in [0, 0.1) is 6.92 Å². The van der Waals surface area contributed by atoms with Crippen LogP contribution in [-0.2, 0) is 6.54 Å². The lowest BCUT2D eigenvalue weighted by atomic mass is 10.1. The van der Waals surface area contributed by atoms with E-state index < -0.39 is 6.10 Å². The van der Waals surface area contributed by atoms with Crippen LogP contribution >= 0.6 is 0 Å². The van der Waals surface area contributed by atoms with Gasteiger partial charge >= 0.3 is 0 Å². The van der Waals surface area contributed by atoms with E-state index in [4.69, 9.17) is 0 Å². The predicted molar refractivity (Wildman–Crippen MR) is 113 cm³/mol. The molecule has 6 heteroatoms. The molecule has 0 aliphatic heterocycles. The zero-order valence-corrected chi connectivity index (χ0v) is 17.1. The van der Waals surface area contributed by atoms with Gasteiger partial charge in [-0.25, -0.2) is 4.99 Å². The van der Waals surface area contributed by atoms with Gasteiger partial charge in [-0.1, -0.05) is 42.0 Å². The Kier molecular flexibility index (Phi) is 8.02. The Hall–Kier alpha value is -2.86. The number of rotatable bonds is 7. The van der Waals surface area contributed by atoms with Crippen LogP contribution in [0.3, 0.4) is 0 Å². The van der Waals surface area contributed by atoms with Crippen molar-refractivity contribution in [3.63, 3.8) is 0 Å². The minimum atomic E-state index is -0.610. The smallest absolute Gasteiger partial charge is 0.253 e. The lowest BCUT2D eigenvalue weighted by Crippen LogP contribution is -2.39. The molecule has 0 bridgehead atoms. The second kappa shape index (κ2) is 10.5. The van der Waals surface area contributed by atoms with E-state index in [1.807, 2.05) is 62.4 Å². The topological polar surface area (TPSA) is 77.0 Å². The molecule has 2 rings (SSSR count). The first-order valence-electron chi connectivity index (χ1n) is 9.48. The van der Waals surface area contributed by atoms with E-state index in [-0.39, 0.29) is 5.91 Å². The van der Waals surface area contributed by atoms with Crippen LogP contribution in [0.2, 0.25) is 0 Å². The second-order valence-electron chi connectivity index (χ2n) is 6.90. The number of aliphatic imine (C=N–C) groups is 1. The van der Waals surface area contributed by atoms with E-state index in [1.165, 1.54) is 0 Å². The van der Waals surface area contributed by atoms with Gasteiger partial charge in [-0.3, -0.25) is 4.79 Å². The van der Waals surface area contributed by atoms with Crippen LogP contribution in [0.5, 0.6) is 0 Å². The first-order chi connectivity index (χ1) is 13.4. The summed E-state index contributed by atoms with van der Waals surface area (Å²) in [4.78, 5) is 18.1. The number of aliphatic hydroxyl groups is 1. The molecule has 3 N–H and O–H groups in total. The van der Waals surface area contributed by atoms with Gasteiger partial charge in [-0.05, 0) is 37.1 Å². The molecule has 6 nitrogen and oxygen atoms in total. The van der Waals surface area contributed by atoms with Gasteiger partial charge in [0.2, 0.25) is 0 Å². The van der Waals surface area contributed by atoms with Crippen molar-refractivity contribution in [3.8, 4) is 0 Å². The summed E-state index contributed by atoms with van der Waals surface area (Å²) in [5.74, 6) is 0.622. The minimum absolute atomic E-state index is 0.0184. The molecule has 150 valence electrons. The van der Waals surface area contributed by atoms with Gasteiger partial charge in [0.25, 0.3) is 5.91 Å². The molecule has 0 fully saturated rings. The molecule has 0 heterocycles. The maximum absolute atomic E-state index is 11.9. The Morgan fingerprint density at radius 3 is 2.29 bits per heavy atom.